The number of benzene rings is 2. The van der Waals surface area contributed by atoms with Gasteiger partial charge in [0.15, 0.2) is 0 Å². The first-order valence-electron chi connectivity index (χ1n) is 8.45. The zero-order chi connectivity index (χ0) is 18.9. The molecule has 0 atom stereocenters. The Morgan fingerprint density at radius 3 is 2.38 bits per heavy atom. The van der Waals surface area contributed by atoms with E-state index in [1.165, 1.54) is 0 Å². The minimum absolute atomic E-state index is 0.00724. The van der Waals surface area contributed by atoms with Crippen molar-refractivity contribution in [3.8, 4) is 5.75 Å². The molecule has 0 bridgehead atoms. The van der Waals surface area contributed by atoms with Gasteiger partial charge in [-0.3, -0.25) is 9.59 Å². The minimum Gasteiger partial charge on any atom is -0.489 e. The normalized spacial score (nSPS) is 10.5. The Balaban J connectivity index is 2.11. The van der Waals surface area contributed by atoms with Crippen LogP contribution in [0.2, 0.25) is 0 Å². The summed E-state index contributed by atoms with van der Waals surface area (Å²) in [6, 6.07) is 13.8. The van der Waals surface area contributed by atoms with Gasteiger partial charge in [-0.25, -0.2) is 0 Å². The number of carbonyl (C=O) groups excluding carboxylic acids is 2. The number of hydrogen-bond acceptors (Lipinski definition) is 4. The quantitative estimate of drug-likeness (QED) is 0.713. The number of nitrogens with one attached hydrogen (secondary N) is 2. The van der Waals surface area contributed by atoms with Gasteiger partial charge in [-0.1, -0.05) is 18.2 Å². The first-order chi connectivity index (χ1) is 12.5. The Kier molecular flexibility index (Phi) is 7.17. The lowest BCUT2D eigenvalue weighted by Gasteiger charge is -2.15. The van der Waals surface area contributed by atoms with Gasteiger partial charge in [0, 0.05) is 24.8 Å². The van der Waals surface area contributed by atoms with E-state index in [1.54, 1.807) is 43.5 Å². The van der Waals surface area contributed by atoms with Crippen LogP contribution < -0.4 is 15.4 Å². The van der Waals surface area contributed by atoms with Crippen LogP contribution in [0.25, 0.3) is 0 Å². The number of amides is 2. The van der Waals surface area contributed by atoms with Crippen molar-refractivity contribution in [1.82, 2.24) is 5.32 Å². The van der Waals surface area contributed by atoms with E-state index in [2.05, 4.69) is 10.6 Å². The largest absolute Gasteiger partial charge is 0.489 e. The summed E-state index contributed by atoms with van der Waals surface area (Å²) in [7, 11) is 1.57. The fraction of sp³-hybridized carbons (Fsp3) is 0.300. The van der Waals surface area contributed by atoms with E-state index in [9.17, 15) is 9.59 Å². The molecule has 0 aliphatic heterocycles. The first-order valence-corrected chi connectivity index (χ1v) is 8.45. The van der Waals surface area contributed by atoms with E-state index >= 15 is 0 Å². The van der Waals surface area contributed by atoms with Crippen LogP contribution in [-0.2, 0) is 4.74 Å². The maximum absolute atomic E-state index is 12.6. The second-order valence-electron chi connectivity index (χ2n) is 5.95. The lowest BCUT2D eigenvalue weighted by atomic mass is 10.1. The highest BCUT2D eigenvalue weighted by Crippen LogP contribution is 2.25. The van der Waals surface area contributed by atoms with Crippen molar-refractivity contribution in [2.45, 2.75) is 20.0 Å². The second-order valence-corrected chi connectivity index (χ2v) is 5.95. The molecule has 0 radical (unpaired) electrons. The first kappa shape index (κ1) is 19.5. The van der Waals surface area contributed by atoms with E-state index in [-0.39, 0.29) is 17.9 Å². The Hall–Kier alpha value is -2.86. The van der Waals surface area contributed by atoms with Crippen LogP contribution in [0.3, 0.4) is 0 Å². The Labute approximate surface area is 153 Å². The van der Waals surface area contributed by atoms with Crippen molar-refractivity contribution in [1.29, 1.82) is 0 Å². The molecule has 2 amide bonds. The fourth-order valence-corrected chi connectivity index (χ4v) is 2.29. The predicted molar refractivity (Wildman–Crippen MR) is 101 cm³/mol. The van der Waals surface area contributed by atoms with E-state index in [0.29, 0.717) is 35.7 Å². The Morgan fingerprint density at radius 2 is 1.69 bits per heavy atom. The van der Waals surface area contributed by atoms with Crippen LogP contribution >= 0.6 is 0 Å². The molecule has 6 nitrogen and oxygen atoms in total. The van der Waals surface area contributed by atoms with Gasteiger partial charge < -0.3 is 20.1 Å². The lowest BCUT2D eigenvalue weighted by Crippen LogP contribution is -2.27. The molecular formula is C20H24N2O4. The molecule has 0 saturated heterocycles. The zero-order valence-corrected chi connectivity index (χ0v) is 15.2. The molecule has 0 saturated carbocycles. The lowest BCUT2D eigenvalue weighted by molar-refractivity contribution is 0.0937. The van der Waals surface area contributed by atoms with Crippen LogP contribution in [0.15, 0.2) is 48.5 Å². The molecule has 2 aromatic carbocycles. The molecule has 0 aliphatic rings. The SMILES string of the molecule is COCCNC(=O)c1cccc(C(=O)Nc2ccccc2OC(C)C)c1. The number of rotatable bonds is 8. The topological polar surface area (TPSA) is 76.7 Å². The number of methoxy groups -OCH3 is 1. The molecule has 2 N–H and O–H groups in total. The highest BCUT2D eigenvalue weighted by Gasteiger charge is 2.13. The Bertz CT molecular complexity index is 759. The van der Waals surface area contributed by atoms with Gasteiger partial charge in [0.1, 0.15) is 5.75 Å². The van der Waals surface area contributed by atoms with Gasteiger partial charge in [-0.05, 0) is 44.2 Å². The van der Waals surface area contributed by atoms with Crippen molar-refractivity contribution in [2.75, 3.05) is 25.6 Å². The number of hydrogen-bond donors (Lipinski definition) is 2. The van der Waals surface area contributed by atoms with E-state index in [0.717, 1.165) is 0 Å². The van der Waals surface area contributed by atoms with Crippen LogP contribution in [0.4, 0.5) is 5.69 Å². The number of para-hydroxylation sites is 2. The van der Waals surface area contributed by atoms with Crippen molar-refractivity contribution in [2.24, 2.45) is 0 Å². The van der Waals surface area contributed by atoms with Gasteiger partial charge in [-0.15, -0.1) is 0 Å². The summed E-state index contributed by atoms with van der Waals surface area (Å²) in [5.74, 6) is 0.0425. The molecule has 0 heterocycles. The average molecular weight is 356 g/mol. The van der Waals surface area contributed by atoms with Gasteiger partial charge in [0.2, 0.25) is 0 Å². The van der Waals surface area contributed by atoms with E-state index in [4.69, 9.17) is 9.47 Å². The summed E-state index contributed by atoms with van der Waals surface area (Å²) in [4.78, 5) is 24.7. The molecule has 0 fully saturated rings. The van der Waals surface area contributed by atoms with Crippen LogP contribution in [-0.4, -0.2) is 38.2 Å². The molecule has 138 valence electrons. The summed E-state index contributed by atoms with van der Waals surface area (Å²) >= 11 is 0. The predicted octanol–water partition coefficient (Wildman–Crippen LogP) is 3.10. The summed E-state index contributed by atoms with van der Waals surface area (Å²) in [6.45, 7) is 4.68. The second kappa shape index (κ2) is 9.58. The van der Waals surface area contributed by atoms with Crippen molar-refractivity contribution in [3.05, 3.63) is 59.7 Å². The molecule has 0 aliphatic carbocycles. The molecule has 2 aromatic rings. The molecule has 0 spiro atoms. The zero-order valence-electron chi connectivity index (χ0n) is 15.2. The molecule has 6 heteroatoms. The van der Waals surface area contributed by atoms with Gasteiger partial charge in [0.25, 0.3) is 11.8 Å². The fourth-order valence-electron chi connectivity index (χ4n) is 2.29. The maximum Gasteiger partial charge on any atom is 0.255 e. The standard InChI is InChI=1S/C20H24N2O4/c1-14(2)26-18-10-5-4-9-17(18)22-20(24)16-8-6-7-15(13-16)19(23)21-11-12-25-3/h4-10,13-14H,11-12H2,1-3H3,(H,21,23)(H,22,24). The minimum atomic E-state index is -0.309. The Morgan fingerprint density at radius 1 is 1.00 bits per heavy atom. The maximum atomic E-state index is 12.6. The van der Waals surface area contributed by atoms with Gasteiger partial charge in [-0.2, -0.15) is 0 Å². The number of ether oxygens (including phenoxy) is 2. The van der Waals surface area contributed by atoms with Crippen molar-refractivity contribution in [3.63, 3.8) is 0 Å². The van der Waals surface area contributed by atoms with Crippen molar-refractivity contribution >= 4 is 17.5 Å². The number of carbonyl (C=O) groups is 2. The van der Waals surface area contributed by atoms with Crippen LogP contribution in [0.1, 0.15) is 34.6 Å². The number of anilines is 1. The third kappa shape index (κ3) is 5.60. The van der Waals surface area contributed by atoms with Crippen LogP contribution in [0.5, 0.6) is 5.75 Å². The third-order valence-corrected chi connectivity index (χ3v) is 3.48. The van der Waals surface area contributed by atoms with E-state index < -0.39 is 0 Å². The highest BCUT2D eigenvalue weighted by molar-refractivity contribution is 6.06. The van der Waals surface area contributed by atoms with Crippen molar-refractivity contribution < 1.29 is 19.1 Å². The summed E-state index contributed by atoms with van der Waals surface area (Å²) in [5, 5.41) is 5.57. The van der Waals surface area contributed by atoms with E-state index in [1.807, 2.05) is 26.0 Å². The van der Waals surface area contributed by atoms with Crippen LogP contribution in [0, 0.1) is 0 Å². The molecular weight excluding hydrogens is 332 g/mol. The van der Waals surface area contributed by atoms with Gasteiger partial charge in [0.05, 0.1) is 18.4 Å². The molecule has 26 heavy (non-hydrogen) atoms. The molecule has 0 aromatic heterocycles. The molecule has 2 rings (SSSR count). The smallest absolute Gasteiger partial charge is 0.255 e. The third-order valence-electron chi connectivity index (χ3n) is 3.48. The highest BCUT2D eigenvalue weighted by atomic mass is 16.5. The average Bonchev–Trinajstić information content (AvgIpc) is 2.63. The summed E-state index contributed by atoms with van der Waals surface area (Å²) in [6.07, 6.45) is -0.00724. The monoisotopic (exact) mass is 356 g/mol. The van der Waals surface area contributed by atoms with Gasteiger partial charge >= 0.3 is 0 Å². The summed E-state index contributed by atoms with van der Waals surface area (Å²) in [5.41, 5.74) is 1.39. The molecule has 0 unspecified atom stereocenters. The summed E-state index contributed by atoms with van der Waals surface area (Å²) < 4.78 is 10.6.